The van der Waals surface area contributed by atoms with Crippen molar-refractivity contribution in [3.63, 3.8) is 0 Å². The maximum absolute atomic E-state index is 12.7. The molecule has 0 aromatic carbocycles. The largest absolute Gasteiger partial charge is 0.379 e. The van der Waals surface area contributed by atoms with Crippen LogP contribution in [0.25, 0.3) is 0 Å². The summed E-state index contributed by atoms with van der Waals surface area (Å²) in [5.41, 5.74) is 0. The first kappa shape index (κ1) is 16.5. The highest BCUT2D eigenvalue weighted by atomic mass is 32.2. The fourth-order valence-electron chi connectivity index (χ4n) is 4.13. The summed E-state index contributed by atoms with van der Waals surface area (Å²) in [6.45, 7) is 4.66. The first-order valence-electron chi connectivity index (χ1n) is 8.37. The number of amides is 1. The van der Waals surface area contributed by atoms with Crippen LogP contribution in [0.2, 0.25) is 0 Å². The summed E-state index contributed by atoms with van der Waals surface area (Å²) in [5, 5.41) is 1.87. The molecule has 3 fully saturated rings. The van der Waals surface area contributed by atoms with E-state index in [0.29, 0.717) is 24.4 Å². The molecular formula is C16H22N2O4S2. The Bertz CT molecular complexity index is 704. The number of rotatable bonds is 3. The van der Waals surface area contributed by atoms with Gasteiger partial charge in [-0.25, -0.2) is 8.42 Å². The highest BCUT2D eigenvalue weighted by Gasteiger charge is 2.62. The fourth-order valence-corrected chi connectivity index (χ4v) is 7.22. The number of morpholine rings is 1. The van der Waals surface area contributed by atoms with Crippen LogP contribution in [0.5, 0.6) is 0 Å². The maximum atomic E-state index is 12.7. The average molecular weight is 370 g/mol. The Morgan fingerprint density at radius 2 is 2.08 bits per heavy atom. The van der Waals surface area contributed by atoms with E-state index in [1.807, 2.05) is 11.4 Å². The molecule has 1 atom stereocenters. The van der Waals surface area contributed by atoms with Gasteiger partial charge < -0.3 is 9.64 Å². The summed E-state index contributed by atoms with van der Waals surface area (Å²) in [6, 6.07) is 3.65. The normalized spacial score (nSPS) is 28.8. The van der Waals surface area contributed by atoms with Crippen LogP contribution in [-0.2, 0) is 14.6 Å². The lowest BCUT2D eigenvalue weighted by Gasteiger charge is -2.50. The quantitative estimate of drug-likeness (QED) is 0.784. The highest BCUT2D eigenvalue weighted by molar-refractivity contribution is 7.93. The molecule has 1 aromatic rings. The van der Waals surface area contributed by atoms with Crippen molar-refractivity contribution in [2.75, 3.05) is 51.7 Å². The van der Waals surface area contributed by atoms with E-state index in [1.165, 1.54) is 11.3 Å². The smallest absolute Gasteiger partial charge is 0.264 e. The van der Waals surface area contributed by atoms with Gasteiger partial charge in [-0.1, -0.05) is 6.07 Å². The van der Waals surface area contributed by atoms with E-state index >= 15 is 0 Å². The van der Waals surface area contributed by atoms with Crippen LogP contribution in [0.4, 0.5) is 0 Å². The van der Waals surface area contributed by atoms with Gasteiger partial charge in [0.25, 0.3) is 5.91 Å². The Hall–Kier alpha value is -0.960. The van der Waals surface area contributed by atoms with Crippen molar-refractivity contribution in [2.24, 2.45) is 5.92 Å². The van der Waals surface area contributed by atoms with Crippen molar-refractivity contribution >= 4 is 27.1 Å². The zero-order valence-electron chi connectivity index (χ0n) is 13.5. The van der Waals surface area contributed by atoms with E-state index in [0.717, 1.165) is 32.8 Å². The Morgan fingerprint density at radius 3 is 2.75 bits per heavy atom. The Morgan fingerprint density at radius 1 is 1.33 bits per heavy atom. The van der Waals surface area contributed by atoms with Crippen molar-refractivity contribution in [1.29, 1.82) is 0 Å². The van der Waals surface area contributed by atoms with E-state index in [9.17, 15) is 13.2 Å². The molecule has 3 aliphatic rings. The van der Waals surface area contributed by atoms with E-state index in [4.69, 9.17) is 4.74 Å². The van der Waals surface area contributed by atoms with Crippen molar-refractivity contribution in [3.8, 4) is 0 Å². The predicted molar refractivity (Wildman–Crippen MR) is 92.1 cm³/mol. The Labute approximate surface area is 146 Å². The number of hydrogen-bond donors (Lipinski definition) is 0. The molecule has 1 aromatic heterocycles. The monoisotopic (exact) mass is 370 g/mol. The minimum Gasteiger partial charge on any atom is -0.379 e. The molecule has 1 unspecified atom stereocenters. The van der Waals surface area contributed by atoms with Gasteiger partial charge in [-0.05, 0) is 23.8 Å². The second kappa shape index (κ2) is 6.09. The standard InChI is InChI=1S/C16H22N2O4S2/c19-15(14-2-1-8-23-14)18-11-16(12-18)13(3-9-24(16,20)21)10-17-4-6-22-7-5-17/h1-2,8,13H,3-7,9-12H2. The van der Waals surface area contributed by atoms with Gasteiger partial charge in [-0.2, -0.15) is 0 Å². The average Bonchev–Trinajstić information content (AvgIpc) is 3.13. The lowest BCUT2D eigenvalue weighted by atomic mass is 9.82. The summed E-state index contributed by atoms with van der Waals surface area (Å²) in [6.07, 6.45) is 0.709. The van der Waals surface area contributed by atoms with Gasteiger partial charge in [0.2, 0.25) is 0 Å². The molecule has 6 nitrogen and oxygen atoms in total. The second-order valence-corrected chi connectivity index (χ2v) is 10.3. The Balaban J connectivity index is 1.48. The molecule has 0 aliphatic carbocycles. The third-order valence-electron chi connectivity index (χ3n) is 5.62. The number of likely N-dealkylation sites (tertiary alicyclic amines) is 1. The number of hydrogen-bond acceptors (Lipinski definition) is 6. The molecule has 0 saturated carbocycles. The van der Waals surface area contributed by atoms with Gasteiger partial charge in [0, 0.05) is 32.7 Å². The molecule has 0 N–H and O–H groups in total. The number of ether oxygens (including phenoxy) is 1. The fraction of sp³-hybridized carbons (Fsp3) is 0.688. The van der Waals surface area contributed by atoms with Crippen LogP contribution in [0.1, 0.15) is 16.1 Å². The Kier molecular flexibility index (Phi) is 4.19. The number of thiophene rings is 1. The first-order valence-corrected chi connectivity index (χ1v) is 10.9. The van der Waals surface area contributed by atoms with Crippen LogP contribution < -0.4 is 0 Å². The maximum Gasteiger partial charge on any atom is 0.264 e. The SMILES string of the molecule is O=C(c1cccs1)N1CC2(C1)C(CN1CCOCC1)CCS2(=O)=O. The van der Waals surface area contributed by atoms with Crippen molar-refractivity contribution in [3.05, 3.63) is 22.4 Å². The van der Waals surface area contributed by atoms with Gasteiger partial charge in [0.05, 0.1) is 23.8 Å². The van der Waals surface area contributed by atoms with E-state index in [1.54, 1.807) is 11.0 Å². The van der Waals surface area contributed by atoms with Crippen LogP contribution in [0.15, 0.2) is 17.5 Å². The molecule has 3 aliphatic heterocycles. The minimum absolute atomic E-state index is 0.0390. The van der Waals surface area contributed by atoms with Gasteiger partial charge in [-0.3, -0.25) is 9.69 Å². The van der Waals surface area contributed by atoms with Crippen LogP contribution in [0, 0.1) is 5.92 Å². The zero-order chi connectivity index (χ0) is 16.8. The van der Waals surface area contributed by atoms with Gasteiger partial charge in [0.15, 0.2) is 9.84 Å². The minimum atomic E-state index is -3.13. The molecule has 1 spiro atoms. The number of nitrogens with zero attached hydrogens (tertiary/aromatic N) is 2. The van der Waals surface area contributed by atoms with Crippen LogP contribution in [-0.4, -0.2) is 80.6 Å². The van der Waals surface area contributed by atoms with Crippen LogP contribution in [0.3, 0.4) is 0 Å². The topological polar surface area (TPSA) is 66.9 Å². The second-order valence-electron chi connectivity index (χ2n) is 6.92. The summed E-state index contributed by atoms with van der Waals surface area (Å²) in [5.74, 6) is 0.332. The summed E-state index contributed by atoms with van der Waals surface area (Å²) in [7, 11) is -3.13. The third-order valence-corrected chi connectivity index (χ3v) is 9.08. The zero-order valence-corrected chi connectivity index (χ0v) is 15.2. The van der Waals surface area contributed by atoms with Gasteiger partial charge in [0.1, 0.15) is 4.75 Å². The molecule has 0 radical (unpaired) electrons. The van der Waals surface area contributed by atoms with Gasteiger partial charge >= 0.3 is 0 Å². The van der Waals surface area contributed by atoms with Crippen molar-refractivity contribution in [2.45, 2.75) is 11.2 Å². The number of carbonyl (C=O) groups excluding carboxylic acids is 1. The molecule has 3 saturated heterocycles. The van der Waals surface area contributed by atoms with E-state index < -0.39 is 14.6 Å². The lowest BCUT2D eigenvalue weighted by Crippen LogP contribution is -2.69. The molecule has 132 valence electrons. The molecule has 4 rings (SSSR count). The van der Waals surface area contributed by atoms with Gasteiger partial charge in [-0.15, -0.1) is 11.3 Å². The molecule has 0 bridgehead atoms. The predicted octanol–water partition coefficient (Wildman–Crippen LogP) is 0.710. The van der Waals surface area contributed by atoms with Crippen molar-refractivity contribution < 1.29 is 17.9 Å². The molecular weight excluding hydrogens is 348 g/mol. The highest BCUT2D eigenvalue weighted by Crippen LogP contribution is 2.45. The third kappa shape index (κ3) is 2.60. The lowest BCUT2D eigenvalue weighted by molar-refractivity contribution is 0.0142. The first-order chi connectivity index (χ1) is 11.5. The number of carbonyl (C=O) groups is 1. The van der Waals surface area contributed by atoms with Crippen molar-refractivity contribution in [1.82, 2.24) is 9.80 Å². The molecule has 8 heteroatoms. The van der Waals surface area contributed by atoms with E-state index in [-0.39, 0.29) is 17.6 Å². The molecule has 24 heavy (non-hydrogen) atoms. The summed E-state index contributed by atoms with van der Waals surface area (Å²) < 4.78 is 30.0. The van der Waals surface area contributed by atoms with E-state index in [2.05, 4.69) is 4.90 Å². The summed E-state index contributed by atoms with van der Waals surface area (Å²) in [4.78, 5) is 17.1. The molecule has 4 heterocycles. The molecule has 1 amide bonds. The summed E-state index contributed by atoms with van der Waals surface area (Å²) >= 11 is 1.41. The van der Waals surface area contributed by atoms with Crippen LogP contribution >= 0.6 is 11.3 Å². The number of sulfone groups is 1.